The highest BCUT2D eigenvalue weighted by Crippen LogP contribution is 2.76. The topological polar surface area (TPSA) is 180 Å². The first-order valence-electron chi connectivity index (χ1n) is 22.1. The zero-order valence-electron chi connectivity index (χ0n) is 36.8. The lowest BCUT2D eigenvalue weighted by atomic mass is 9.32. The average Bonchev–Trinajstić information content (AvgIpc) is 3.49. The van der Waals surface area contributed by atoms with Crippen molar-refractivity contribution < 1.29 is 46.9 Å². The molecule has 14 heteroatoms. The van der Waals surface area contributed by atoms with Gasteiger partial charge in [-0.15, -0.1) is 0 Å². The molecule has 12 nitrogen and oxygen atoms in total. The number of carboxylic acid groups (broad SMARTS) is 1. The molecule has 2 unspecified atom stereocenters. The van der Waals surface area contributed by atoms with Crippen molar-refractivity contribution in [2.75, 3.05) is 37.5 Å². The molecule has 5 saturated carbocycles. The van der Waals surface area contributed by atoms with Crippen molar-refractivity contribution in [1.29, 1.82) is 0 Å². The van der Waals surface area contributed by atoms with E-state index in [1.165, 1.54) is 5.57 Å². The summed E-state index contributed by atoms with van der Waals surface area (Å²) in [5, 5.41) is 13.8. The molecule has 0 amide bonds. The molecular weight excluding hydrogens is 780 g/mol. The van der Waals surface area contributed by atoms with Crippen LogP contribution in [0.3, 0.4) is 0 Å². The van der Waals surface area contributed by atoms with Crippen LogP contribution >= 0.6 is 7.60 Å². The first-order chi connectivity index (χ1) is 26.6. The molecule has 0 bridgehead atoms. The summed E-state index contributed by atoms with van der Waals surface area (Å²) in [6.45, 7) is 25.3. The van der Waals surface area contributed by atoms with E-state index < -0.39 is 47.2 Å². The maximum Gasteiger partial charge on any atom is 0.350 e. The minimum absolute atomic E-state index is 0.0638. The van der Waals surface area contributed by atoms with Gasteiger partial charge >= 0.3 is 19.5 Å². The lowest BCUT2D eigenvalue weighted by Gasteiger charge is -2.73. The molecule has 1 saturated heterocycles. The quantitative estimate of drug-likeness (QED) is 0.0845. The van der Waals surface area contributed by atoms with Gasteiger partial charge in [0.05, 0.1) is 29.4 Å². The third-order valence-electron chi connectivity index (χ3n) is 18.0. The minimum Gasteiger partial charge on any atom is -0.481 e. The fourth-order valence-corrected chi connectivity index (χ4v) is 16.2. The van der Waals surface area contributed by atoms with Crippen molar-refractivity contribution >= 4 is 29.4 Å². The van der Waals surface area contributed by atoms with E-state index in [1.54, 1.807) is 13.8 Å². The van der Waals surface area contributed by atoms with E-state index >= 15 is 0 Å². The zero-order valence-corrected chi connectivity index (χ0v) is 38.6. The number of hydrogen-bond donors (Lipinski definition) is 4. The molecule has 0 aromatic rings. The van der Waals surface area contributed by atoms with Crippen LogP contribution in [-0.2, 0) is 33.5 Å². The number of fused-ring (bicyclic) bond motifs is 7. The van der Waals surface area contributed by atoms with Crippen LogP contribution in [0.1, 0.15) is 133 Å². The van der Waals surface area contributed by atoms with Crippen LogP contribution in [0, 0.1) is 56.7 Å². The van der Waals surface area contributed by atoms with Gasteiger partial charge in [0.25, 0.3) is 0 Å². The normalized spacial score (nSPS) is 40.9. The number of carboxylic acids is 1. The minimum atomic E-state index is -4.39. The Kier molecular flexibility index (Phi) is 12.6. The van der Waals surface area contributed by atoms with Gasteiger partial charge in [-0.1, -0.05) is 46.8 Å². The molecule has 1 aliphatic heterocycles. The summed E-state index contributed by atoms with van der Waals surface area (Å²) in [4.78, 5) is 46.3. The number of sulfone groups is 1. The van der Waals surface area contributed by atoms with Gasteiger partial charge in [0.1, 0.15) is 12.5 Å². The molecule has 0 aromatic heterocycles. The van der Waals surface area contributed by atoms with E-state index in [-0.39, 0.29) is 57.3 Å². The Bertz CT molecular complexity index is 1750. The Balaban J connectivity index is 1.24. The first-order valence-corrected chi connectivity index (χ1v) is 25.7. The number of nitrogens with zero attached hydrogens (tertiary/aromatic N) is 1. The summed E-state index contributed by atoms with van der Waals surface area (Å²) in [5.41, 5.74) is -0.0665. The van der Waals surface area contributed by atoms with Crippen molar-refractivity contribution in [3.05, 3.63) is 12.2 Å². The second-order valence-corrected chi connectivity index (χ2v) is 25.7. The van der Waals surface area contributed by atoms with E-state index in [2.05, 4.69) is 58.3 Å². The molecule has 5 aliphatic carbocycles. The van der Waals surface area contributed by atoms with Crippen LogP contribution in [0.15, 0.2) is 12.2 Å². The molecule has 12 atom stereocenters. The number of carbonyl (C=O) groups is 2. The van der Waals surface area contributed by atoms with Crippen LogP contribution in [0.5, 0.6) is 0 Å². The summed E-state index contributed by atoms with van der Waals surface area (Å²) in [5.74, 6) is 0.811. The predicted molar refractivity (Wildman–Crippen MR) is 225 cm³/mol. The molecule has 6 aliphatic rings. The Morgan fingerprint density at radius 3 is 2.19 bits per heavy atom. The summed E-state index contributed by atoms with van der Waals surface area (Å²) in [7, 11) is -7.52. The monoisotopic (exact) mass is 854 g/mol. The maximum absolute atomic E-state index is 13.2. The summed E-state index contributed by atoms with van der Waals surface area (Å²) >= 11 is 0. The summed E-state index contributed by atoms with van der Waals surface area (Å²) in [6.07, 6.45) is 8.82. The molecule has 58 heavy (non-hydrogen) atoms. The molecule has 6 rings (SSSR count). The Labute approximate surface area is 348 Å². The van der Waals surface area contributed by atoms with Crippen LogP contribution in [-0.4, -0.2) is 101 Å². The fourth-order valence-electron chi connectivity index (χ4n) is 14.6. The Morgan fingerprint density at radius 2 is 1.59 bits per heavy atom. The van der Waals surface area contributed by atoms with Crippen LogP contribution in [0.4, 0.5) is 0 Å². The first kappa shape index (κ1) is 46.2. The SMILES string of the molecule is C=C(C)[C@@H]1CC[C@]2(NCC(C(C)OCP(=O)(O)O)N3CCS(=O)(=O)CC3)CC[C@]3(C)[C@H](CC[C@@H]4[C@@]5(C)CC[C@H](OC(=O)CC(C)(C)C(=O)O)C(C)(C)[C@@H]5CC[C@]43C)[C@@H]12. The number of hydrogen-bond acceptors (Lipinski definition) is 9. The van der Waals surface area contributed by atoms with E-state index in [9.17, 15) is 37.5 Å². The highest BCUT2D eigenvalue weighted by Gasteiger charge is 2.71. The second-order valence-electron chi connectivity index (χ2n) is 21.8. The Hall–Kier alpha value is -1.34. The van der Waals surface area contributed by atoms with Gasteiger partial charge in [-0.05, 0) is 138 Å². The number of allylic oxidation sites excluding steroid dienone is 1. The standard InChI is InChI=1S/C44H75N2O10PS/c1-28(2)30-13-18-44(45-26-32(29(3)55-27-57(50,51)52)46-21-23-58(53,54)24-22-46)20-19-42(9)31(37(30)44)11-12-34-41(8)16-15-35(56-36(47)25-39(4,5)38(48)49)40(6,7)33(41)14-17-43(34,42)10/h29-35,37,45H,1,11-27H2,2-10H3,(H,48,49)(H2,50,51,52)/t29?,30-,31+,32?,33-,34+,35-,37+,41-,42+,43+,44-/m0/s1. The van der Waals surface area contributed by atoms with E-state index in [0.29, 0.717) is 49.2 Å². The largest absolute Gasteiger partial charge is 0.481 e. The van der Waals surface area contributed by atoms with Gasteiger partial charge in [-0.25, -0.2) is 8.42 Å². The molecule has 0 aromatic carbocycles. The van der Waals surface area contributed by atoms with Crippen LogP contribution < -0.4 is 5.32 Å². The number of ether oxygens (including phenoxy) is 2. The summed E-state index contributed by atoms with van der Waals surface area (Å²) < 4.78 is 48.7. The second kappa shape index (κ2) is 15.8. The molecule has 4 N–H and O–H groups in total. The number of rotatable bonds is 13. The third-order valence-corrected chi connectivity index (χ3v) is 20.1. The van der Waals surface area contributed by atoms with Gasteiger partial charge in [-0.2, -0.15) is 0 Å². The van der Waals surface area contributed by atoms with Gasteiger partial charge < -0.3 is 29.7 Å². The lowest BCUT2D eigenvalue weighted by molar-refractivity contribution is -0.246. The molecule has 6 fully saturated rings. The van der Waals surface area contributed by atoms with Crippen molar-refractivity contribution in [2.24, 2.45) is 56.7 Å². The van der Waals surface area contributed by atoms with E-state index in [4.69, 9.17) is 9.47 Å². The van der Waals surface area contributed by atoms with Crippen molar-refractivity contribution in [3.8, 4) is 0 Å². The number of carbonyl (C=O) groups excluding carboxylic acids is 1. The fraction of sp³-hybridized carbons (Fsp3) is 0.909. The Morgan fingerprint density at radius 1 is 0.931 bits per heavy atom. The molecule has 0 radical (unpaired) electrons. The van der Waals surface area contributed by atoms with Crippen molar-refractivity contribution in [1.82, 2.24) is 10.2 Å². The highest BCUT2D eigenvalue weighted by molar-refractivity contribution is 7.91. The molecule has 1 heterocycles. The van der Waals surface area contributed by atoms with Gasteiger partial charge in [0.2, 0.25) is 0 Å². The average molecular weight is 855 g/mol. The van der Waals surface area contributed by atoms with E-state index in [0.717, 1.165) is 64.2 Å². The summed E-state index contributed by atoms with van der Waals surface area (Å²) in [6, 6.07) is -0.251. The lowest BCUT2D eigenvalue weighted by Crippen LogP contribution is -2.69. The highest BCUT2D eigenvalue weighted by atomic mass is 32.2. The van der Waals surface area contributed by atoms with Crippen LogP contribution in [0.25, 0.3) is 0 Å². The number of esters is 1. The zero-order chi connectivity index (χ0) is 43.1. The number of nitrogens with one attached hydrogen (secondary N) is 1. The van der Waals surface area contributed by atoms with Crippen LogP contribution in [0.2, 0.25) is 0 Å². The van der Waals surface area contributed by atoms with Gasteiger partial charge in [0.15, 0.2) is 9.84 Å². The molecule has 0 spiro atoms. The van der Waals surface area contributed by atoms with Gasteiger partial charge in [0, 0.05) is 36.6 Å². The predicted octanol–water partition coefficient (Wildman–Crippen LogP) is 7.04. The number of aliphatic carboxylic acids is 1. The third kappa shape index (κ3) is 8.19. The molecular formula is C44H75N2O10PS. The molecule has 332 valence electrons. The maximum atomic E-state index is 13.2. The smallest absolute Gasteiger partial charge is 0.350 e. The van der Waals surface area contributed by atoms with E-state index in [1.807, 2.05) is 6.92 Å². The van der Waals surface area contributed by atoms with Crippen molar-refractivity contribution in [2.45, 2.75) is 157 Å². The van der Waals surface area contributed by atoms with Gasteiger partial charge in [-0.3, -0.25) is 19.1 Å². The van der Waals surface area contributed by atoms with Crippen molar-refractivity contribution in [3.63, 3.8) is 0 Å².